The highest BCUT2D eigenvalue weighted by Crippen LogP contribution is 2.46. The van der Waals surface area contributed by atoms with Crippen LogP contribution in [0.15, 0.2) is 64.5 Å². The number of benzene rings is 3. The second-order valence-electron chi connectivity index (χ2n) is 9.75. The number of carbonyl (C=O) groups excluding carboxylic acids is 2. The highest BCUT2D eigenvalue weighted by atomic mass is 35.5. The zero-order valence-electron chi connectivity index (χ0n) is 23.9. The summed E-state index contributed by atoms with van der Waals surface area (Å²) in [7, 11) is 1.49. The zero-order valence-corrected chi connectivity index (χ0v) is 27.1. The Kier molecular flexibility index (Phi) is 9.09. The Hall–Kier alpha value is -3.97. The lowest BCUT2D eigenvalue weighted by atomic mass is 9.95. The second kappa shape index (κ2) is 13.2. The lowest BCUT2D eigenvalue weighted by Gasteiger charge is -2.24. The summed E-state index contributed by atoms with van der Waals surface area (Å²) in [5.41, 5.74) is 1.50. The summed E-state index contributed by atoms with van der Waals surface area (Å²) in [5, 5.41) is 21.4. The van der Waals surface area contributed by atoms with Crippen LogP contribution in [0.4, 0.5) is 5.13 Å². The van der Waals surface area contributed by atoms with Crippen LogP contribution in [0.5, 0.6) is 23.0 Å². The van der Waals surface area contributed by atoms with E-state index in [2.05, 4.69) is 10.2 Å². The summed E-state index contributed by atoms with van der Waals surface area (Å²) in [6.07, 6.45) is 0. The number of aliphatic hydroxyl groups is 1. The van der Waals surface area contributed by atoms with E-state index in [1.165, 1.54) is 23.8 Å². The Bertz CT molecular complexity index is 1830. The minimum absolute atomic E-state index is 0.125. The summed E-state index contributed by atoms with van der Waals surface area (Å²) in [4.78, 5) is 28.6. The van der Waals surface area contributed by atoms with Crippen LogP contribution in [0.25, 0.3) is 5.76 Å². The Morgan fingerprint density at radius 2 is 1.84 bits per heavy atom. The first-order valence-electron chi connectivity index (χ1n) is 13.7. The Labute approximate surface area is 276 Å². The number of thioether (sulfide) groups is 1. The number of carbonyl (C=O) groups is 2. The van der Waals surface area contributed by atoms with Crippen LogP contribution in [0.3, 0.4) is 0 Å². The SMILES string of the molecule is CCOc1ccc(C2/C(=C(\O)c3ccc4c(c3)OCCO4)C(=O)C(=O)N2c2nnc(SCc3ccc(Cl)cc3Cl)s2)cc1OC. The number of amides is 1. The van der Waals surface area contributed by atoms with Crippen molar-refractivity contribution in [3.8, 4) is 23.0 Å². The smallest absolute Gasteiger partial charge is 0.301 e. The van der Waals surface area contributed by atoms with E-state index in [1.54, 1.807) is 48.5 Å². The number of hydrogen-bond acceptors (Lipinski definition) is 11. The van der Waals surface area contributed by atoms with Crippen LogP contribution >= 0.6 is 46.3 Å². The molecule has 0 aliphatic carbocycles. The molecule has 45 heavy (non-hydrogen) atoms. The number of fused-ring (bicyclic) bond motifs is 1. The average Bonchev–Trinajstić information content (AvgIpc) is 3.62. The van der Waals surface area contributed by atoms with Crippen molar-refractivity contribution in [3.05, 3.63) is 86.9 Å². The molecule has 0 spiro atoms. The van der Waals surface area contributed by atoms with E-state index in [-0.39, 0.29) is 22.0 Å². The molecule has 3 heterocycles. The van der Waals surface area contributed by atoms with Gasteiger partial charge < -0.3 is 24.1 Å². The number of aromatic nitrogens is 2. The second-order valence-corrected chi connectivity index (χ2v) is 12.8. The van der Waals surface area contributed by atoms with Gasteiger partial charge in [-0.2, -0.15) is 0 Å². The van der Waals surface area contributed by atoms with E-state index >= 15 is 0 Å². The van der Waals surface area contributed by atoms with Crippen LogP contribution < -0.4 is 23.8 Å². The molecule has 10 nitrogen and oxygen atoms in total. The number of ether oxygens (including phenoxy) is 4. The lowest BCUT2D eigenvalue weighted by molar-refractivity contribution is -0.132. The monoisotopic (exact) mass is 685 g/mol. The largest absolute Gasteiger partial charge is 0.507 e. The lowest BCUT2D eigenvalue weighted by Crippen LogP contribution is -2.29. The van der Waals surface area contributed by atoms with E-state index in [1.807, 2.05) is 13.0 Å². The molecule has 3 aromatic carbocycles. The van der Waals surface area contributed by atoms with Crippen LogP contribution in [-0.4, -0.2) is 53.9 Å². The van der Waals surface area contributed by atoms with Gasteiger partial charge in [0.15, 0.2) is 27.3 Å². The number of methoxy groups -OCH3 is 1. The fraction of sp³-hybridized carbons (Fsp3) is 0.226. The van der Waals surface area contributed by atoms with Crippen molar-refractivity contribution >= 4 is 68.9 Å². The number of ketones is 1. The van der Waals surface area contributed by atoms with Crippen molar-refractivity contribution in [2.24, 2.45) is 0 Å². The summed E-state index contributed by atoms with van der Waals surface area (Å²) in [5.74, 6) is 0.193. The molecule has 0 saturated carbocycles. The molecule has 1 unspecified atom stereocenters. The number of hydrogen-bond donors (Lipinski definition) is 1. The van der Waals surface area contributed by atoms with E-state index in [0.29, 0.717) is 68.5 Å². The maximum atomic E-state index is 13.7. The zero-order chi connectivity index (χ0) is 31.7. The molecule has 1 amide bonds. The summed E-state index contributed by atoms with van der Waals surface area (Å²) in [6, 6.07) is 14.1. The third-order valence-electron chi connectivity index (χ3n) is 7.03. The van der Waals surface area contributed by atoms with Crippen LogP contribution in [-0.2, 0) is 15.3 Å². The van der Waals surface area contributed by atoms with E-state index in [0.717, 1.165) is 16.9 Å². The van der Waals surface area contributed by atoms with Gasteiger partial charge in [-0.25, -0.2) is 0 Å². The van der Waals surface area contributed by atoms with Crippen molar-refractivity contribution in [2.45, 2.75) is 23.1 Å². The molecule has 4 aromatic rings. The topological polar surface area (TPSA) is 120 Å². The van der Waals surface area contributed by atoms with Gasteiger partial charge in [-0.05, 0) is 60.5 Å². The molecule has 1 N–H and O–H groups in total. The highest BCUT2D eigenvalue weighted by Gasteiger charge is 2.48. The molecule has 2 aliphatic heterocycles. The van der Waals surface area contributed by atoms with Crippen LogP contribution in [0.2, 0.25) is 10.0 Å². The van der Waals surface area contributed by atoms with E-state index < -0.39 is 17.7 Å². The third kappa shape index (κ3) is 6.15. The van der Waals surface area contributed by atoms with Crippen molar-refractivity contribution in [1.29, 1.82) is 0 Å². The quantitative estimate of drug-likeness (QED) is 0.0652. The van der Waals surface area contributed by atoms with Gasteiger partial charge in [0.25, 0.3) is 5.78 Å². The van der Waals surface area contributed by atoms with Gasteiger partial charge in [0.1, 0.15) is 19.0 Å². The van der Waals surface area contributed by atoms with Gasteiger partial charge >= 0.3 is 5.91 Å². The molecule has 14 heteroatoms. The highest BCUT2D eigenvalue weighted by molar-refractivity contribution is 8.00. The summed E-state index contributed by atoms with van der Waals surface area (Å²) < 4.78 is 23.1. The summed E-state index contributed by atoms with van der Waals surface area (Å²) >= 11 is 14.9. The number of halogens is 2. The minimum atomic E-state index is -1.06. The predicted molar refractivity (Wildman–Crippen MR) is 172 cm³/mol. The average molecular weight is 687 g/mol. The molecule has 2 aliphatic rings. The van der Waals surface area contributed by atoms with Crippen molar-refractivity contribution < 1.29 is 33.6 Å². The number of anilines is 1. The first kappa shape index (κ1) is 31.0. The molecule has 0 radical (unpaired) electrons. The first-order valence-corrected chi connectivity index (χ1v) is 16.3. The van der Waals surface area contributed by atoms with E-state index in [9.17, 15) is 14.7 Å². The molecule has 1 fully saturated rings. The molecule has 232 valence electrons. The van der Waals surface area contributed by atoms with Gasteiger partial charge in [0, 0.05) is 21.4 Å². The summed E-state index contributed by atoms with van der Waals surface area (Å²) in [6.45, 7) is 3.00. The number of Topliss-reactive ketones (excluding diaryl/α,β-unsaturated/α-hetero) is 1. The maximum Gasteiger partial charge on any atom is 0.301 e. The standard InChI is InChI=1S/C31H25Cl2N3O7S2/c1-3-41-21-8-5-16(12-23(21)40-2)26-25(27(37)17-6-9-22-24(13-17)43-11-10-42-22)28(38)29(39)36(26)30-34-35-31(45-30)44-15-18-4-7-19(32)14-20(18)33/h4-9,12-14,26,37H,3,10-11,15H2,1-2H3/b27-25+. The molecule has 6 rings (SSSR count). The maximum absolute atomic E-state index is 13.7. The number of aliphatic hydroxyl groups excluding tert-OH is 1. The fourth-order valence-electron chi connectivity index (χ4n) is 4.96. The first-order chi connectivity index (χ1) is 21.8. The van der Waals surface area contributed by atoms with Crippen LogP contribution in [0, 0.1) is 0 Å². The Morgan fingerprint density at radius 3 is 2.60 bits per heavy atom. The fourth-order valence-corrected chi connectivity index (χ4v) is 7.38. The predicted octanol–water partition coefficient (Wildman–Crippen LogP) is 6.94. The van der Waals surface area contributed by atoms with Crippen LogP contribution in [0.1, 0.15) is 29.7 Å². The van der Waals surface area contributed by atoms with Crippen molar-refractivity contribution in [1.82, 2.24) is 10.2 Å². The van der Waals surface area contributed by atoms with E-state index in [4.69, 9.17) is 42.1 Å². The van der Waals surface area contributed by atoms with Gasteiger partial charge in [0.2, 0.25) is 5.13 Å². The Morgan fingerprint density at radius 1 is 1.04 bits per heavy atom. The number of nitrogens with zero attached hydrogens (tertiary/aromatic N) is 3. The van der Waals surface area contributed by atoms with Gasteiger partial charge in [-0.15, -0.1) is 10.2 Å². The third-order valence-corrected chi connectivity index (χ3v) is 9.72. The molecule has 1 atom stereocenters. The minimum Gasteiger partial charge on any atom is -0.507 e. The molecule has 0 bridgehead atoms. The van der Waals surface area contributed by atoms with Crippen molar-refractivity contribution in [2.75, 3.05) is 31.8 Å². The molecular formula is C31H25Cl2N3O7S2. The van der Waals surface area contributed by atoms with Crippen molar-refractivity contribution in [3.63, 3.8) is 0 Å². The number of rotatable bonds is 9. The normalized spacial score (nSPS) is 17.1. The molecule has 1 aromatic heterocycles. The van der Waals surface area contributed by atoms with Gasteiger partial charge in [-0.1, -0.05) is 58.4 Å². The van der Waals surface area contributed by atoms with Gasteiger partial charge in [-0.3, -0.25) is 14.5 Å². The Balaban J connectivity index is 1.41. The van der Waals surface area contributed by atoms with Gasteiger partial charge in [0.05, 0.1) is 25.3 Å². The molecular weight excluding hydrogens is 661 g/mol. The molecule has 1 saturated heterocycles.